The van der Waals surface area contributed by atoms with Crippen LogP contribution in [0, 0.1) is 0 Å². The summed E-state index contributed by atoms with van der Waals surface area (Å²) >= 11 is 0. The molecule has 1 heterocycles. The van der Waals surface area contributed by atoms with Gasteiger partial charge in [0.25, 0.3) is 5.91 Å². The van der Waals surface area contributed by atoms with E-state index in [1.807, 2.05) is 0 Å². The van der Waals surface area contributed by atoms with Crippen LogP contribution in [0.4, 0.5) is 4.79 Å². The van der Waals surface area contributed by atoms with Crippen LogP contribution < -0.4 is 11.1 Å². The number of hydrogen-bond acceptors (Lipinski definition) is 5. The fourth-order valence-electron chi connectivity index (χ4n) is 1.92. The summed E-state index contributed by atoms with van der Waals surface area (Å²) in [6.45, 7) is 2.93. The van der Waals surface area contributed by atoms with E-state index in [0.717, 1.165) is 12.8 Å². The molecule has 2 amide bonds. The van der Waals surface area contributed by atoms with E-state index in [9.17, 15) is 9.59 Å². The Kier molecular flexibility index (Phi) is 4.92. The first-order chi connectivity index (χ1) is 8.45. The molecule has 0 bridgehead atoms. The molecule has 1 fully saturated rings. The number of nitrogens with zero attached hydrogens (tertiary/aromatic N) is 1. The van der Waals surface area contributed by atoms with Gasteiger partial charge in [-0.3, -0.25) is 15.8 Å². The van der Waals surface area contributed by atoms with Crippen LogP contribution in [0.25, 0.3) is 0 Å². The highest BCUT2D eigenvalue weighted by Crippen LogP contribution is 2.16. The van der Waals surface area contributed by atoms with Crippen molar-refractivity contribution in [3.63, 3.8) is 0 Å². The zero-order valence-corrected chi connectivity index (χ0v) is 11.1. The second-order valence-electron chi connectivity index (χ2n) is 4.36. The highest BCUT2D eigenvalue weighted by atomic mass is 16.5. The second-order valence-corrected chi connectivity index (χ2v) is 4.36. The molecule has 1 aliphatic rings. The Morgan fingerprint density at radius 1 is 1.33 bits per heavy atom. The molecule has 1 rings (SSSR count). The minimum absolute atomic E-state index is 0.347. The summed E-state index contributed by atoms with van der Waals surface area (Å²) in [6.07, 6.45) is 0.474. The van der Waals surface area contributed by atoms with Crippen LogP contribution in [-0.4, -0.2) is 56.0 Å². The predicted molar refractivity (Wildman–Crippen MR) is 64.7 cm³/mol. The van der Waals surface area contributed by atoms with Crippen LogP contribution in [0.3, 0.4) is 0 Å². The second kappa shape index (κ2) is 6.01. The van der Waals surface area contributed by atoms with Crippen molar-refractivity contribution in [3.05, 3.63) is 0 Å². The zero-order chi connectivity index (χ0) is 13.8. The maximum atomic E-state index is 12.4. The lowest BCUT2D eigenvalue weighted by molar-refractivity contribution is -0.142. The molecule has 0 aromatic rings. The maximum absolute atomic E-state index is 12.4. The molecule has 0 aromatic carbocycles. The van der Waals surface area contributed by atoms with Crippen LogP contribution in [0.1, 0.15) is 19.8 Å². The number of amides is 2. The monoisotopic (exact) mass is 259 g/mol. The van der Waals surface area contributed by atoms with Crippen molar-refractivity contribution in [1.29, 1.82) is 0 Å². The molecule has 2 atom stereocenters. The van der Waals surface area contributed by atoms with Gasteiger partial charge in [-0.25, -0.2) is 4.79 Å². The molecule has 18 heavy (non-hydrogen) atoms. The molecule has 7 nitrogen and oxygen atoms in total. The molecule has 1 saturated heterocycles. The normalized spacial score (nSPS) is 20.1. The van der Waals surface area contributed by atoms with Crippen LogP contribution in [0.5, 0.6) is 0 Å². The molecule has 0 aliphatic carbocycles. The van der Waals surface area contributed by atoms with E-state index < -0.39 is 17.9 Å². The quantitative estimate of drug-likeness (QED) is 0.673. The predicted octanol–water partition coefficient (Wildman–Crippen LogP) is -0.345. The Balaban J connectivity index is 2.88. The first kappa shape index (κ1) is 14.7. The van der Waals surface area contributed by atoms with Crippen LogP contribution >= 0.6 is 0 Å². The van der Waals surface area contributed by atoms with Crippen LogP contribution in [-0.2, 0) is 14.3 Å². The van der Waals surface area contributed by atoms with Gasteiger partial charge in [0.05, 0.1) is 7.11 Å². The van der Waals surface area contributed by atoms with Gasteiger partial charge in [-0.1, -0.05) is 0 Å². The average Bonchev–Trinajstić information content (AvgIpc) is 2.90. The molecule has 3 N–H and O–H groups in total. The largest absolute Gasteiger partial charge is 0.453 e. The lowest BCUT2D eigenvalue weighted by Gasteiger charge is -2.36. The van der Waals surface area contributed by atoms with Crippen LogP contribution in [0.2, 0.25) is 0 Å². The third kappa shape index (κ3) is 2.91. The number of hydrogen-bond donors (Lipinski definition) is 2. The van der Waals surface area contributed by atoms with E-state index in [0.29, 0.717) is 13.1 Å². The van der Waals surface area contributed by atoms with Crippen molar-refractivity contribution in [2.75, 3.05) is 27.3 Å². The minimum Gasteiger partial charge on any atom is -0.453 e. The summed E-state index contributed by atoms with van der Waals surface area (Å²) in [6, 6.07) is 0. The van der Waals surface area contributed by atoms with E-state index in [1.54, 1.807) is 11.8 Å². The number of likely N-dealkylation sites (tertiary alicyclic amines) is 1. The third-order valence-corrected chi connectivity index (χ3v) is 3.24. The summed E-state index contributed by atoms with van der Waals surface area (Å²) in [4.78, 5) is 25.3. The van der Waals surface area contributed by atoms with Crippen molar-refractivity contribution in [1.82, 2.24) is 10.2 Å². The number of rotatable bonds is 4. The fraction of sp³-hybridized carbons (Fsp3) is 0.818. The van der Waals surface area contributed by atoms with Gasteiger partial charge in [-0.05, 0) is 19.8 Å². The Morgan fingerprint density at radius 2 is 1.89 bits per heavy atom. The lowest BCUT2D eigenvalue weighted by atomic mass is 10.0. The number of alkyl carbamates (subject to hydrolysis) is 1. The summed E-state index contributed by atoms with van der Waals surface area (Å²) < 4.78 is 9.60. The molecule has 0 saturated carbocycles. The summed E-state index contributed by atoms with van der Waals surface area (Å²) in [5.41, 5.74) is 4.42. The Labute approximate surface area is 107 Å². The van der Waals surface area contributed by atoms with E-state index in [-0.39, 0.29) is 5.91 Å². The summed E-state index contributed by atoms with van der Waals surface area (Å²) in [5, 5.41) is 2.37. The highest BCUT2D eigenvalue weighted by Gasteiger charge is 2.45. The van der Waals surface area contributed by atoms with Gasteiger partial charge in [-0.2, -0.15) is 0 Å². The molecular weight excluding hydrogens is 238 g/mol. The van der Waals surface area contributed by atoms with E-state index in [4.69, 9.17) is 10.5 Å². The van der Waals surface area contributed by atoms with E-state index in [1.165, 1.54) is 14.2 Å². The van der Waals surface area contributed by atoms with Crippen molar-refractivity contribution < 1.29 is 19.1 Å². The van der Waals surface area contributed by atoms with Crippen molar-refractivity contribution in [3.8, 4) is 0 Å². The number of nitrogens with one attached hydrogen (secondary N) is 1. The van der Waals surface area contributed by atoms with Crippen LogP contribution in [0.15, 0.2) is 0 Å². The van der Waals surface area contributed by atoms with Gasteiger partial charge in [-0.15, -0.1) is 0 Å². The van der Waals surface area contributed by atoms with Crippen molar-refractivity contribution in [2.24, 2.45) is 5.73 Å². The summed E-state index contributed by atoms with van der Waals surface area (Å²) in [5.74, 6) is -0.347. The third-order valence-electron chi connectivity index (χ3n) is 3.24. The minimum atomic E-state index is -1.60. The van der Waals surface area contributed by atoms with Crippen molar-refractivity contribution in [2.45, 2.75) is 31.5 Å². The first-order valence-corrected chi connectivity index (χ1v) is 5.93. The Morgan fingerprint density at radius 3 is 2.33 bits per heavy atom. The molecule has 1 aliphatic heterocycles. The molecule has 0 spiro atoms. The van der Waals surface area contributed by atoms with Crippen molar-refractivity contribution >= 4 is 12.0 Å². The Bertz CT molecular complexity index is 317. The van der Waals surface area contributed by atoms with Gasteiger partial charge in [0.1, 0.15) is 6.10 Å². The smallest absolute Gasteiger partial charge is 0.408 e. The van der Waals surface area contributed by atoms with Gasteiger partial charge < -0.3 is 14.4 Å². The lowest BCUT2D eigenvalue weighted by Crippen LogP contribution is -2.71. The SMILES string of the molecule is COC(=O)N[C@](N)(C(=O)N1CCCC1)C(C)OC. The molecule has 0 aromatic heterocycles. The molecular formula is C11H21N3O4. The Hall–Kier alpha value is -1.34. The number of carbonyl (C=O) groups excluding carboxylic acids is 2. The standard InChI is InChI=1S/C11H21N3O4/c1-8(17-2)11(12,13-10(16)18-3)9(15)14-6-4-5-7-14/h8H,4-7,12H2,1-3H3,(H,13,16)/t8?,11-/m0/s1. The fourth-order valence-corrected chi connectivity index (χ4v) is 1.92. The zero-order valence-electron chi connectivity index (χ0n) is 11.1. The first-order valence-electron chi connectivity index (χ1n) is 5.93. The van der Waals surface area contributed by atoms with Gasteiger partial charge in [0, 0.05) is 20.2 Å². The molecule has 1 unspecified atom stereocenters. The molecule has 104 valence electrons. The highest BCUT2D eigenvalue weighted by molar-refractivity contribution is 5.90. The number of carbonyl (C=O) groups is 2. The van der Waals surface area contributed by atoms with Gasteiger partial charge in [0.15, 0.2) is 5.66 Å². The van der Waals surface area contributed by atoms with E-state index >= 15 is 0 Å². The number of nitrogens with two attached hydrogens (primary N) is 1. The van der Waals surface area contributed by atoms with Gasteiger partial charge in [0.2, 0.25) is 0 Å². The van der Waals surface area contributed by atoms with E-state index in [2.05, 4.69) is 10.1 Å². The molecule has 0 radical (unpaired) electrons. The average molecular weight is 259 g/mol. The topological polar surface area (TPSA) is 93.9 Å². The van der Waals surface area contributed by atoms with Gasteiger partial charge >= 0.3 is 6.09 Å². The number of methoxy groups -OCH3 is 2. The molecule has 7 heteroatoms. The maximum Gasteiger partial charge on any atom is 0.408 e. The number of ether oxygens (including phenoxy) is 2. The summed E-state index contributed by atoms with van der Waals surface area (Å²) in [7, 11) is 2.65.